The highest BCUT2D eigenvalue weighted by molar-refractivity contribution is 5.94. The molecule has 0 bridgehead atoms. The van der Waals surface area contributed by atoms with E-state index in [9.17, 15) is 4.79 Å². The van der Waals surface area contributed by atoms with Gasteiger partial charge in [-0.2, -0.15) is 0 Å². The van der Waals surface area contributed by atoms with Crippen molar-refractivity contribution in [1.29, 1.82) is 0 Å². The average Bonchev–Trinajstić information content (AvgIpc) is 3.17. The van der Waals surface area contributed by atoms with E-state index >= 15 is 0 Å². The summed E-state index contributed by atoms with van der Waals surface area (Å²) >= 11 is 0. The first kappa shape index (κ1) is 17.5. The number of nitrogens with zero attached hydrogens (tertiary/aromatic N) is 1. The van der Waals surface area contributed by atoms with Crippen LogP contribution in [0.1, 0.15) is 40.4 Å². The zero-order valence-electron chi connectivity index (χ0n) is 15.0. The molecule has 1 saturated heterocycles. The Balaban J connectivity index is 1.70. The topological polar surface area (TPSA) is 41.6 Å². The van der Waals surface area contributed by atoms with Crippen LogP contribution in [0.4, 0.5) is 0 Å². The average molecular weight is 338 g/mol. The van der Waals surface area contributed by atoms with Gasteiger partial charge in [-0.15, -0.1) is 0 Å². The van der Waals surface area contributed by atoms with E-state index in [-0.39, 0.29) is 11.9 Å². The fourth-order valence-corrected chi connectivity index (χ4v) is 3.33. The molecule has 3 rings (SSSR count). The third kappa shape index (κ3) is 4.40. The number of hydrogen-bond donors (Lipinski definition) is 1. The Morgan fingerprint density at radius 3 is 2.32 bits per heavy atom. The highest BCUT2D eigenvalue weighted by atomic mass is 16.5. The Labute approximate surface area is 149 Å². The van der Waals surface area contributed by atoms with Crippen LogP contribution in [0.3, 0.4) is 0 Å². The first-order chi connectivity index (χ1) is 12.2. The molecule has 1 aliphatic rings. The molecule has 4 heteroatoms. The van der Waals surface area contributed by atoms with Gasteiger partial charge in [0.1, 0.15) is 5.75 Å². The largest absolute Gasteiger partial charge is 0.497 e. The lowest BCUT2D eigenvalue weighted by Gasteiger charge is -2.28. The van der Waals surface area contributed by atoms with Gasteiger partial charge in [-0.25, -0.2) is 0 Å². The van der Waals surface area contributed by atoms with Crippen LogP contribution in [0.2, 0.25) is 0 Å². The summed E-state index contributed by atoms with van der Waals surface area (Å²) < 4.78 is 5.26. The van der Waals surface area contributed by atoms with Crippen LogP contribution < -0.4 is 10.1 Å². The lowest BCUT2D eigenvalue weighted by molar-refractivity contribution is 0.0938. The maximum atomic E-state index is 12.5. The first-order valence-corrected chi connectivity index (χ1v) is 8.90. The van der Waals surface area contributed by atoms with Crippen LogP contribution in [-0.4, -0.2) is 37.6 Å². The molecule has 1 amide bonds. The standard InChI is InChI=1S/C21H26N2O2/c1-16-5-7-18(8-6-16)21(24)22-15-20(23-13-3-4-14-23)17-9-11-19(25-2)12-10-17/h5-12,20H,3-4,13-15H2,1-2H3,(H,22,24). The predicted molar refractivity (Wildman–Crippen MR) is 100 cm³/mol. The molecule has 1 aliphatic heterocycles. The van der Waals surface area contributed by atoms with Crippen molar-refractivity contribution in [3.05, 3.63) is 65.2 Å². The summed E-state index contributed by atoms with van der Waals surface area (Å²) in [6, 6.07) is 16.1. The van der Waals surface area contributed by atoms with Crippen molar-refractivity contribution in [3.8, 4) is 5.75 Å². The van der Waals surface area contributed by atoms with E-state index in [1.54, 1.807) is 7.11 Å². The summed E-state index contributed by atoms with van der Waals surface area (Å²) in [6.45, 7) is 4.79. The van der Waals surface area contributed by atoms with Crippen molar-refractivity contribution >= 4 is 5.91 Å². The number of methoxy groups -OCH3 is 1. The molecule has 0 spiro atoms. The summed E-state index contributed by atoms with van der Waals surface area (Å²) in [4.78, 5) is 14.9. The quantitative estimate of drug-likeness (QED) is 0.875. The van der Waals surface area contributed by atoms with Gasteiger partial charge in [0.25, 0.3) is 5.91 Å². The normalized spacial score (nSPS) is 15.8. The van der Waals surface area contributed by atoms with E-state index in [1.165, 1.54) is 18.4 Å². The first-order valence-electron chi connectivity index (χ1n) is 8.90. The van der Waals surface area contributed by atoms with E-state index < -0.39 is 0 Å². The smallest absolute Gasteiger partial charge is 0.251 e. The molecule has 0 radical (unpaired) electrons. The number of hydrogen-bond acceptors (Lipinski definition) is 3. The van der Waals surface area contributed by atoms with Gasteiger partial charge < -0.3 is 10.1 Å². The molecule has 132 valence electrons. The Kier molecular flexibility index (Phi) is 5.71. The van der Waals surface area contributed by atoms with Gasteiger partial charge >= 0.3 is 0 Å². The molecule has 2 aromatic rings. The number of benzene rings is 2. The van der Waals surface area contributed by atoms with Gasteiger partial charge in [-0.05, 0) is 62.7 Å². The molecule has 1 atom stereocenters. The number of aryl methyl sites for hydroxylation is 1. The summed E-state index contributed by atoms with van der Waals surface area (Å²) in [7, 11) is 1.68. The van der Waals surface area contributed by atoms with Crippen LogP contribution in [0.25, 0.3) is 0 Å². The minimum Gasteiger partial charge on any atom is -0.497 e. The minimum atomic E-state index is -0.0160. The van der Waals surface area contributed by atoms with Gasteiger partial charge in [0.2, 0.25) is 0 Å². The van der Waals surface area contributed by atoms with E-state index in [0.717, 1.165) is 24.4 Å². The van der Waals surface area contributed by atoms with Crippen molar-refractivity contribution in [2.45, 2.75) is 25.8 Å². The van der Waals surface area contributed by atoms with Crippen LogP contribution in [0, 0.1) is 6.92 Å². The number of rotatable bonds is 6. The number of ether oxygens (including phenoxy) is 1. The fourth-order valence-electron chi connectivity index (χ4n) is 3.33. The van der Waals surface area contributed by atoms with Crippen molar-refractivity contribution in [2.75, 3.05) is 26.7 Å². The van der Waals surface area contributed by atoms with Crippen LogP contribution >= 0.6 is 0 Å². The monoisotopic (exact) mass is 338 g/mol. The molecule has 25 heavy (non-hydrogen) atoms. The highest BCUT2D eigenvalue weighted by Crippen LogP contribution is 2.26. The van der Waals surface area contributed by atoms with Crippen LogP contribution in [0.5, 0.6) is 5.75 Å². The van der Waals surface area contributed by atoms with E-state index in [2.05, 4.69) is 22.3 Å². The Morgan fingerprint density at radius 2 is 1.72 bits per heavy atom. The lowest BCUT2D eigenvalue weighted by Crippen LogP contribution is -2.36. The van der Waals surface area contributed by atoms with E-state index in [1.807, 2.05) is 43.3 Å². The summed E-state index contributed by atoms with van der Waals surface area (Å²) in [5.74, 6) is 0.838. The van der Waals surface area contributed by atoms with Crippen molar-refractivity contribution in [3.63, 3.8) is 0 Å². The third-order valence-corrected chi connectivity index (χ3v) is 4.85. The predicted octanol–water partition coefficient (Wildman–Crippen LogP) is 3.57. The third-order valence-electron chi connectivity index (χ3n) is 4.85. The van der Waals surface area contributed by atoms with Crippen LogP contribution in [0.15, 0.2) is 48.5 Å². The molecule has 1 fully saturated rings. The number of nitrogens with one attached hydrogen (secondary N) is 1. The number of carbonyl (C=O) groups excluding carboxylic acids is 1. The zero-order chi connectivity index (χ0) is 17.6. The molecule has 1 unspecified atom stereocenters. The molecule has 4 nitrogen and oxygen atoms in total. The van der Waals surface area contributed by atoms with E-state index in [4.69, 9.17) is 4.74 Å². The molecule has 0 aliphatic carbocycles. The van der Waals surface area contributed by atoms with Gasteiger partial charge in [0, 0.05) is 12.1 Å². The molecule has 0 aromatic heterocycles. The lowest BCUT2D eigenvalue weighted by atomic mass is 10.0. The van der Waals surface area contributed by atoms with Crippen LogP contribution in [-0.2, 0) is 0 Å². The Morgan fingerprint density at radius 1 is 1.08 bits per heavy atom. The zero-order valence-corrected chi connectivity index (χ0v) is 15.0. The number of carbonyl (C=O) groups is 1. The molecular weight excluding hydrogens is 312 g/mol. The second-order valence-electron chi connectivity index (χ2n) is 6.61. The van der Waals surface area contributed by atoms with Crippen molar-refractivity contribution in [1.82, 2.24) is 10.2 Å². The Bertz CT molecular complexity index is 689. The molecule has 1 heterocycles. The van der Waals surface area contributed by atoms with E-state index in [0.29, 0.717) is 12.1 Å². The number of likely N-dealkylation sites (tertiary alicyclic amines) is 1. The maximum absolute atomic E-state index is 12.5. The summed E-state index contributed by atoms with van der Waals surface area (Å²) in [6.07, 6.45) is 2.44. The molecule has 0 saturated carbocycles. The SMILES string of the molecule is COc1ccc(C(CNC(=O)c2ccc(C)cc2)N2CCCC2)cc1. The maximum Gasteiger partial charge on any atom is 0.251 e. The molecule has 1 N–H and O–H groups in total. The van der Waals surface area contributed by atoms with Gasteiger partial charge in [0.15, 0.2) is 0 Å². The molecule has 2 aromatic carbocycles. The van der Waals surface area contributed by atoms with Gasteiger partial charge in [-0.1, -0.05) is 29.8 Å². The molecular formula is C21H26N2O2. The second-order valence-corrected chi connectivity index (χ2v) is 6.61. The summed E-state index contributed by atoms with van der Waals surface area (Å²) in [5, 5.41) is 3.11. The highest BCUT2D eigenvalue weighted by Gasteiger charge is 2.24. The van der Waals surface area contributed by atoms with Crippen molar-refractivity contribution in [2.24, 2.45) is 0 Å². The number of amides is 1. The van der Waals surface area contributed by atoms with Crippen molar-refractivity contribution < 1.29 is 9.53 Å². The van der Waals surface area contributed by atoms with Gasteiger partial charge in [0.05, 0.1) is 13.2 Å². The summed E-state index contributed by atoms with van der Waals surface area (Å²) in [5.41, 5.74) is 3.08. The minimum absolute atomic E-state index is 0.0160. The fraction of sp³-hybridized carbons (Fsp3) is 0.381. The Hall–Kier alpha value is -2.33. The van der Waals surface area contributed by atoms with Gasteiger partial charge in [-0.3, -0.25) is 9.69 Å². The second kappa shape index (κ2) is 8.17.